The largest absolute Gasteiger partial charge is 0.300 e. The summed E-state index contributed by atoms with van der Waals surface area (Å²) in [6.07, 6.45) is 3.79. The molecule has 0 saturated heterocycles. The maximum Gasteiger partial charge on any atom is 0.251 e. The first-order valence-corrected chi connectivity index (χ1v) is 11.1. The van der Waals surface area contributed by atoms with Gasteiger partial charge < -0.3 is 5.32 Å². The Hall–Kier alpha value is -3.56. The van der Waals surface area contributed by atoms with Gasteiger partial charge in [-0.15, -0.1) is 11.3 Å². The molecule has 0 bridgehead atoms. The first kappa shape index (κ1) is 20.3. The van der Waals surface area contributed by atoms with Crippen LogP contribution in [0.4, 0.5) is 11.1 Å². The molecule has 5 rings (SSSR count). The Kier molecular flexibility index (Phi) is 5.42. The SMILES string of the molecule is Cc1cnc(NC(=O)CN2C(c3ccccc3)=CC(c3ccc(Cl)cc3)n3nnnc32)s1. The molecular formula is C22H18ClN7OS. The quantitative estimate of drug-likeness (QED) is 0.477. The number of hydrogen-bond donors (Lipinski definition) is 1. The van der Waals surface area contributed by atoms with Gasteiger partial charge >= 0.3 is 0 Å². The molecule has 1 aliphatic heterocycles. The van der Waals surface area contributed by atoms with Crippen molar-refractivity contribution in [2.45, 2.75) is 13.0 Å². The molecule has 0 spiro atoms. The van der Waals surface area contributed by atoms with E-state index in [4.69, 9.17) is 11.6 Å². The van der Waals surface area contributed by atoms with E-state index in [0.29, 0.717) is 16.1 Å². The van der Waals surface area contributed by atoms with Gasteiger partial charge in [0.25, 0.3) is 5.95 Å². The molecule has 1 atom stereocenters. The maximum atomic E-state index is 12.9. The fraction of sp³-hybridized carbons (Fsp3) is 0.136. The summed E-state index contributed by atoms with van der Waals surface area (Å²) in [5.41, 5.74) is 2.79. The molecule has 0 aliphatic carbocycles. The van der Waals surface area contributed by atoms with Gasteiger partial charge in [-0.25, -0.2) is 4.98 Å². The van der Waals surface area contributed by atoms with Crippen LogP contribution in [0.25, 0.3) is 5.70 Å². The molecule has 2 aromatic heterocycles. The van der Waals surface area contributed by atoms with E-state index in [-0.39, 0.29) is 18.5 Å². The van der Waals surface area contributed by atoms with Gasteiger partial charge in [0.2, 0.25) is 5.91 Å². The Labute approximate surface area is 193 Å². The number of aromatic nitrogens is 5. The van der Waals surface area contributed by atoms with E-state index in [9.17, 15) is 4.79 Å². The number of anilines is 2. The lowest BCUT2D eigenvalue weighted by Gasteiger charge is -2.32. The van der Waals surface area contributed by atoms with Crippen LogP contribution in [-0.4, -0.2) is 37.6 Å². The van der Waals surface area contributed by atoms with Gasteiger partial charge in [0.15, 0.2) is 5.13 Å². The number of amides is 1. The minimum absolute atomic E-state index is 0.0348. The highest BCUT2D eigenvalue weighted by atomic mass is 35.5. The molecule has 0 saturated carbocycles. The summed E-state index contributed by atoms with van der Waals surface area (Å²) in [5, 5.41) is 16.4. The number of benzene rings is 2. The average Bonchev–Trinajstić information content (AvgIpc) is 3.44. The number of carbonyl (C=O) groups excluding carboxylic acids is 1. The van der Waals surface area contributed by atoms with Gasteiger partial charge in [-0.2, -0.15) is 4.68 Å². The summed E-state index contributed by atoms with van der Waals surface area (Å²) in [7, 11) is 0. The predicted molar refractivity (Wildman–Crippen MR) is 125 cm³/mol. The lowest BCUT2D eigenvalue weighted by molar-refractivity contribution is -0.114. The molecule has 0 fully saturated rings. The maximum absolute atomic E-state index is 12.9. The molecule has 0 radical (unpaired) electrons. The summed E-state index contributed by atoms with van der Waals surface area (Å²) in [6, 6.07) is 17.2. The van der Waals surface area contributed by atoms with Crippen LogP contribution in [0.15, 0.2) is 66.9 Å². The van der Waals surface area contributed by atoms with Crippen molar-refractivity contribution in [3.05, 3.63) is 87.9 Å². The number of hydrogen-bond acceptors (Lipinski definition) is 7. The average molecular weight is 464 g/mol. The van der Waals surface area contributed by atoms with Crippen LogP contribution in [0, 0.1) is 6.92 Å². The number of rotatable bonds is 5. The third-order valence-electron chi connectivity index (χ3n) is 5.04. The predicted octanol–water partition coefficient (Wildman–Crippen LogP) is 4.18. The van der Waals surface area contributed by atoms with Crippen LogP contribution in [0.2, 0.25) is 5.02 Å². The van der Waals surface area contributed by atoms with Crippen LogP contribution in [0.1, 0.15) is 22.0 Å². The van der Waals surface area contributed by atoms with E-state index < -0.39 is 0 Å². The molecule has 3 heterocycles. The summed E-state index contributed by atoms with van der Waals surface area (Å²) in [4.78, 5) is 19.9. The number of nitrogens with zero attached hydrogens (tertiary/aromatic N) is 6. The molecule has 1 N–H and O–H groups in total. The number of nitrogens with one attached hydrogen (secondary N) is 1. The number of allylic oxidation sites excluding steroid dienone is 1. The molecule has 32 heavy (non-hydrogen) atoms. The Morgan fingerprint density at radius 1 is 1.16 bits per heavy atom. The molecule has 1 unspecified atom stereocenters. The highest BCUT2D eigenvalue weighted by molar-refractivity contribution is 7.15. The Morgan fingerprint density at radius 2 is 1.94 bits per heavy atom. The third-order valence-corrected chi connectivity index (χ3v) is 6.12. The van der Waals surface area contributed by atoms with Gasteiger partial charge in [0.1, 0.15) is 12.6 Å². The van der Waals surface area contributed by atoms with Gasteiger partial charge in [0.05, 0.1) is 5.70 Å². The summed E-state index contributed by atoms with van der Waals surface area (Å²) in [6.45, 7) is 1.98. The van der Waals surface area contributed by atoms with Crippen molar-refractivity contribution in [2.75, 3.05) is 16.8 Å². The van der Waals surface area contributed by atoms with Crippen LogP contribution < -0.4 is 10.2 Å². The number of halogens is 1. The zero-order valence-electron chi connectivity index (χ0n) is 17.0. The van der Waals surface area contributed by atoms with Crippen LogP contribution in [0.5, 0.6) is 0 Å². The first-order valence-electron chi connectivity index (χ1n) is 9.89. The fourth-order valence-corrected chi connectivity index (χ4v) is 4.40. The van der Waals surface area contributed by atoms with Crippen molar-refractivity contribution in [3.8, 4) is 0 Å². The van der Waals surface area contributed by atoms with Gasteiger partial charge in [0, 0.05) is 16.1 Å². The lowest BCUT2D eigenvalue weighted by atomic mass is 10.0. The first-order chi connectivity index (χ1) is 15.6. The topological polar surface area (TPSA) is 88.8 Å². The molecule has 1 amide bonds. The minimum Gasteiger partial charge on any atom is -0.300 e. The number of carbonyl (C=O) groups is 1. The zero-order valence-corrected chi connectivity index (χ0v) is 18.6. The van der Waals surface area contributed by atoms with E-state index >= 15 is 0 Å². The van der Waals surface area contributed by atoms with E-state index in [0.717, 1.165) is 21.7 Å². The van der Waals surface area contributed by atoms with Crippen molar-refractivity contribution in [1.82, 2.24) is 25.2 Å². The van der Waals surface area contributed by atoms with Crippen molar-refractivity contribution < 1.29 is 4.79 Å². The standard InChI is InChI=1S/C22H18ClN7OS/c1-14-12-24-21(32-14)25-20(31)13-29-18(15-5-3-2-4-6-15)11-19(30-22(29)26-27-28-30)16-7-9-17(23)10-8-16/h2-12,19H,13H2,1H3,(H,24,25,31). The molecular weight excluding hydrogens is 446 g/mol. The normalized spacial score (nSPS) is 15.2. The molecule has 2 aromatic carbocycles. The Morgan fingerprint density at radius 3 is 2.66 bits per heavy atom. The number of aryl methyl sites for hydroxylation is 1. The zero-order chi connectivity index (χ0) is 22.1. The fourth-order valence-electron chi connectivity index (χ4n) is 3.59. The Balaban J connectivity index is 1.53. The number of tetrazole rings is 1. The molecule has 4 aromatic rings. The summed E-state index contributed by atoms with van der Waals surface area (Å²) < 4.78 is 1.70. The third kappa shape index (κ3) is 4.00. The van der Waals surface area contributed by atoms with Crippen molar-refractivity contribution >= 4 is 45.6 Å². The van der Waals surface area contributed by atoms with E-state index in [1.165, 1.54) is 11.3 Å². The lowest BCUT2D eigenvalue weighted by Crippen LogP contribution is -2.37. The van der Waals surface area contributed by atoms with Gasteiger partial charge in [-0.1, -0.05) is 59.2 Å². The van der Waals surface area contributed by atoms with Crippen LogP contribution >= 0.6 is 22.9 Å². The van der Waals surface area contributed by atoms with E-state index in [1.807, 2.05) is 66.4 Å². The van der Waals surface area contributed by atoms with Crippen LogP contribution in [-0.2, 0) is 4.79 Å². The number of fused-ring (bicyclic) bond motifs is 1. The molecule has 10 heteroatoms. The van der Waals surface area contributed by atoms with Crippen molar-refractivity contribution in [2.24, 2.45) is 0 Å². The summed E-state index contributed by atoms with van der Waals surface area (Å²) in [5.74, 6) is 0.275. The van der Waals surface area contributed by atoms with Crippen molar-refractivity contribution in [3.63, 3.8) is 0 Å². The van der Waals surface area contributed by atoms with Gasteiger partial charge in [-0.05, 0) is 46.7 Å². The highest BCUT2D eigenvalue weighted by Crippen LogP contribution is 2.36. The minimum atomic E-state index is -0.242. The molecule has 160 valence electrons. The highest BCUT2D eigenvalue weighted by Gasteiger charge is 2.32. The van der Waals surface area contributed by atoms with Crippen LogP contribution in [0.3, 0.4) is 0 Å². The van der Waals surface area contributed by atoms with Gasteiger partial charge in [-0.3, -0.25) is 9.69 Å². The van der Waals surface area contributed by atoms with Crippen molar-refractivity contribution in [1.29, 1.82) is 0 Å². The second-order valence-electron chi connectivity index (χ2n) is 7.25. The molecule has 1 aliphatic rings. The smallest absolute Gasteiger partial charge is 0.251 e. The Bertz CT molecular complexity index is 1280. The second kappa shape index (κ2) is 8.52. The van der Waals surface area contributed by atoms with E-state index in [1.54, 1.807) is 10.9 Å². The monoisotopic (exact) mass is 463 g/mol. The molecule has 8 nitrogen and oxygen atoms in total. The number of thiazole rings is 1. The second-order valence-corrected chi connectivity index (χ2v) is 8.92. The van der Waals surface area contributed by atoms with E-state index in [2.05, 4.69) is 31.9 Å². The summed E-state index contributed by atoms with van der Waals surface area (Å²) >= 11 is 7.51.